The number of carboxylic acids is 1. The van der Waals surface area contributed by atoms with Crippen molar-refractivity contribution in [3.8, 4) is 0 Å². The predicted octanol–water partition coefficient (Wildman–Crippen LogP) is 1.57. The largest absolute Gasteiger partial charge is 0.481 e. The van der Waals surface area contributed by atoms with Crippen LogP contribution in [0.25, 0.3) is 0 Å². The van der Waals surface area contributed by atoms with Gasteiger partial charge in [0, 0.05) is 25.2 Å². The van der Waals surface area contributed by atoms with Crippen LogP contribution in [0.4, 0.5) is 0 Å². The first kappa shape index (κ1) is 16.0. The number of likely N-dealkylation sites (N-methyl/N-ethyl adjacent to an activating group) is 1. The smallest absolute Gasteiger partial charge is 0.305 e. The fourth-order valence-corrected chi connectivity index (χ4v) is 3.02. The maximum Gasteiger partial charge on any atom is 0.305 e. The van der Waals surface area contributed by atoms with Crippen molar-refractivity contribution in [2.75, 3.05) is 13.1 Å². The van der Waals surface area contributed by atoms with Crippen LogP contribution in [0.1, 0.15) is 47.0 Å². The number of carboxylic acid groups (broad SMARTS) is 1. The van der Waals surface area contributed by atoms with E-state index >= 15 is 0 Å². The van der Waals surface area contributed by atoms with Crippen molar-refractivity contribution in [1.82, 2.24) is 9.80 Å². The number of carbonyl (C=O) groups is 2. The minimum absolute atomic E-state index is 0.0113. The average Bonchev–Trinajstić information content (AvgIpc) is 2.68. The first-order valence-corrected chi connectivity index (χ1v) is 7.16. The number of likely N-dealkylation sites (tertiary alicyclic amines) is 1. The van der Waals surface area contributed by atoms with E-state index < -0.39 is 5.97 Å². The fourth-order valence-electron chi connectivity index (χ4n) is 3.02. The summed E-state index contributed by atoms with van der Waals surface area (Å²) in [5.41, 5.74) is 0. The highest BCUT2D eigenvalue weighted by molar-refractivity contribution is 5.82. The van der Waals surface area contributed by atoms with E-state index in [1.807, 2.05) is 13.8 Å². The van der Waals surface area contributed by atoms with E-state index in [1.165, 1.54) is 0 Å². The van der Waals surface area contributed by atoms with E-state index in [0.29, 0.717) is 25.2 Å². The Kier molecular flexibility index (Phi) is 5.79. The molecule has 1 heterocycles. The third-order valence-corrected chi connectivity index (χ3v) is 4.11. The van der Waals surface area contributed by atoms with Crippen molar-refractivity contribution in [3.63, 3.8) is 0 Å². The zero-order chi connectivity index (χ0) is 14.6. The lowest BCUT2D eigenvalue weighted by Gasteiger charge is -2.34. The molecule has 0 aromatic rings. The van der Waals surface area contributed by atoms with Crippen LogP contribution in [0.5, 0.6) is 0 Å². The molecule has 1 aliphatic heterocycles. The van der Waals surface area contributed by atoms with E-state index in [9.17, 15) is 9.59 Å². The standard InChI is InChI=1S/C14H26N2O3/c1-5-15(9-8-13(17)18)14(19)12(4)16-10(2)6-7-11(16)3/h10-12H,5-9H2,1-4H3,(H,17,18). The Hall–Kier alpha value is -1.10. The van der Waals surface area contributed by atoms with Crippen LogP contribution < -0.4 is 0 Å². The summed E-state index contributed by atoms with van der Waals surface area (Å²) in [6.45, 7) is 8.99. The molecule has 1 aliphatic rings. The molecule has 5 heteroatoms. The molecule has 0 radical (unpaired) electrons. The first-order valence-electron chi connectivity index (χ1n) is 7.16. The van der Waals surface area contributed by atoms with Crippen molar-refractivity contribution >= 4 is 11.9 Å². The van der Waals surface area contributed by atoms with Gasteiger partial charge in [-0.2, -0.15) is 0 Å². The molecule has 1 N–H and O–H groups in total. The van der Waals surface area contributed by atoms with Crippen LogP contribution in [0.2, 0.25) is 0 Å². The topological polar surface area (TPSA) is 60.9 Å². The molecule has 1 fully saturated rings. The summed E-state index contributed by atoms with van der Waals surface area (Å²) in [6.07, 6.45) is 2.26. The summed E-state index contributed by atoms with van der Waals surface area (Å²) in [4.78, 5) is 27.0. The minimum atomic E-state index is -0.859. The second kappa shape index (κ2) is 6.89. The Morgan fingerprint density at radius 1 is 1.32 bits per heavy atom. The molecule has 1 amide bonds. The molecule has 19 heavy (non-hydrogen) atoms. The van der Waals surface area contributed by atoms with Crippen molar-refractivity contribution < 1.29 is 14.7 Å². The normalized spacial score (nSPS) is 25.3. The van der Waals surface area contributed by atoms with Crippen molar-refractivity contribution in [3.05, 3.63) is 0 Å². The van der Waals surface area contributed by atoms with E-state index in [2.05, 4.69) is 18.7 Å². The lowest BCUT2D eigenvalue weighted by Crippen LogP contribution is -2.50. The Morgan fingerprint density at radius 3 is 2.26 bits per heavy atom. The van der Waals surface area contributed by atoms with Gasteiger partial charge in [0.2, 0.25) is 5.91 Å². The van der Waals surface area contributed by atoms with Crippen LogP contribution >= 0.6 is 0 Å². The van der Waals surface area contributed by atoms with Crippen LogP contribution in [0.15, 0.2) is 0 Å². The quantitative estimate of drug-likeness (QED) is 0.796. The second-order valence-electron chi connectivity index (χ2n) is 5.46. The van der Waals surface area contributed by atoms with Crippen LogP contribution in [0, 0.1) is 0 Å². The summed E-state index contributed by atoms with van der Waals surface area (Å²) in [7, 11) is 0. The molecule has 110 valence electrons. The molecule has 3 atom stereocenters. The zero-order valence-electron chi connectivity index (χ0n) is 12.4. The third-order valence-electron chi connectivity index (χ3n) is 4.11. The molecule has 0 aromatic heterocycles. The number of carbonyl (C=O) groups excluding carboxylic acids is 1. The van der Waals surface area contributed by atoms with E-state index in [0.717, 1.165) is 12.8 Å². The average molecular weight is 270 g/mol. The Labute approximate surface area is 115 Å². The molecular weight excluding hydrogens is 244 g/mol. The van der Waals surface area contributed by atoms with Gasteiger partial charge in [0.15, 0.2) is 0 Å². The molecule has 0 saturated carbocycles. The molecule has 1 rings (SSSR count). The van der Waals surface area contributed by atoms with Gasteiger partial charge < -0.3 is 10.0 Å². The van der Waals surface area contributed by atoms with Gasteiger partial charge >= 0.3 is 5.97 Å². The maximum absolute atomic E-state index is 12.5. The van der Waals surface area contributed by atoms with Crippen LogP contribution in [0.3, 0.4) is 0 Å². The molecule has 1 saturated heterocycles. The lowest BCUT2D eigenvalue weighted by atomic mass is 10.2. The van der Waals surface area contributed by atoms with E-state index in [4.69, 9.17) is 5.11 Å². The first-order chi connectivity index (χ1) is 8.88. The molecule has 0 aliphatic carbocycles. The van der Waals surface area contributed by atoms with Crippen LogP contribution in [-0.2, 0) is 9.59 Å². The van der Waals surface area contributed by atoms with Crippen molar-refractivity contribution in [2.45, 2.75) is 65.1 Å². The molecule has 0 aromatic carbocycles. The van der Waals surface area contributed by atoms with Gasteiger partial charge in [-0.25, -0.2) is 0 Å². The van der Waals surface area contributed by atoms with Gasteiger partial charge in [-0.3, -0.25) is 14.5 Å². The predicted molar refractivity (Wildman–Crippen MR) is 74.0 cm³/mol. The Balaban J connectivity index is 2.65. The number of hydrogen-bond donors (Lipinski definition) is 1. The highest BCUT2D eigenvalue weighted by atomic mass is 16.4. The van der Waals surface area contributed by atoms with Crippen molar-refractivity contribution in [2.24, 2.45) is 0 Å². The van der Waals surface area contributed by atoms with Gasteiger partial charge in [0.05, 0.1) is 12.5 Å². The molecule has 3 unspecified atom stereocenters. The number of amides is 1. The number of hydrogen-bond acceptors (Lipinski definition) is 3. The van der Waals surface area contributed by atoms with Gasteiger partial charge in [-0.15, -0.1) is 0 Å². The number of aliphatic carboxylic acids is 1. The number of rotatable bonds is 6. The van der Waals surface area contributed by atoms with Gasteiger partial charge in [-0.1, -0.05) is 0 Å². The second-order valence-corrected chi connectivity index (χ2v) is 5.46. The third kappa shape index (κ3) is 3.93. The summed E-state index contributed by atoms with van der Waals surface area (Å²) >= 11 is 0. The summed E-state index contributed by atoms with van der Waals surface area (Å²) < 4.78 is 0. The van der Waals surface area contributed by atoms with E-state index in [1.54, 1.807) is 4.90 Å². The Bertz CT molecular complexity index is 323. The highest BCUT2D eigenvalue weighted by Crippen LogP contribution is 2.26. The van der Waals surface area contributed by atoms with Gasteiger partial charge in [-0.05, 0) is 40.5 Å². The Morgan fingerprint density at radius 2 is 1.84 bits per heavy atom. The minimum Gasteiger partial charge on any atom is -0.481 e. The molecule has 5 nitrogen and oxygen atoms in total. The van der Waals surface area contributed by atoms with Gasteiger partial charge in [0.1, 0.15) is 0 Å². The highest BCUT2D eigenvalue weighted by Gasteiger charge is 2.35. The monoisotopic (exact) mass is 270 g/mol. The number of nitrogens with zero attached hydrogens (tertiary/aromatic N) is 2. The molecule has 0 spiro atoms. The molecular formula is C14H26N2O3. The lowest BCUT2D eigenvalue weighted by molar-refractivity contribution is -0.140. The van der Waals surface area contributed by atoms with Gasteiger partial charge in [0.25, 0.3) is 0 Å². The zero-order valence-corrected chi connectivity index (χ0v) is 12.4. The van der Waals surface area contributed by atoms with Crippen molar-refractivity contribution in [1.29, 1.82) is 0 Å². The van der Waals surface area contributed by atoms with Crippen LogP contribution in [-0.4, -0.2) is 58.0 Å². The van der Waals surface area contributed by atoms with E-state index in [-0.39, 0.29) is 18.4 Å². The molecule has 0 bridgehead atoms. The summed E-state index contributed by atoms with van der Waals surface area (Å²) in [5.74, 6) is -0.814. The SMILES string of the molecule is CCN(CCC(=O)O)C(=O)C(C)N1C(C)CCC1C. The summed E-state index contributed by atoms with van der Waals surface area (Å²) in [5, 5.41) is 8.73. The maximum atomic E-state index is 12.5. The summed E-state index contributed by atoms with van der Waals surface area (Å²) in [6, 6.07) is 0.681. The fraction of sp³-hybridized carbons (Fsp3) is 0.857.